The molecular weight excluding hydrogens is 373 g/mol. The summed E-state index contributed by atoms with van der Waals surface area (Å²) < 4.78 is 39.3. The number of hydrazine groups is 1. The van der Waals surface area contributed by atoms with Crippen molar-refractivity contribution < 1.29 is 22.8 Å². The molecule has 1 amide bonds. The molecule has 28 heavy (non-hydrogen) atoms. The fourth-order valence-corrected chi connectivity index (χ4v) is 4.17. The molecular formula is C19H26F3N4O2+. The molecule has 4 atom stereocenters. The molecule has 2 heterocycles. The summed E-state index contributed by atoms with van der Waals surface area (Å²) in [6.45, 7) is -0.646. The Balaban J connectivity index is 1.76. The Morgan fingerprint density at radius 3 is 2.64 bits per heavy atom. The molecule has 2 aliphatic rings. The molecule has 154 valence electrons. The maximum absolute atomic E-state index is 13.3. The Labute approximate surface area is 162 Å². The van der Waals surface area contributed by atoms with E-state index in [1.54, 1.807) is 19.1 Å². The van der Waals surface area contributed by atoms with E-state index in [9.17, 15) is 22.9 Å². The van der Waals surface area contributed by atoms with Gasteiger partial charge in [0.25, 0.3) is 6.04 Å². The van der Waals surface area contributed by atoms with Crippen LogP contribution in [-0.4, -0.2) is 53.5 Å². The largest absolute Gasteiger partial charge is 0.362 e. The zero-order valence-corrected chi connectivity index (χ0v) is 15.8. The van der Waals surface area contributed by atoms with Crippen LogP contribution in [0.2, 0.25) is 0 Å². The van der Waals surface area contributed by atoms with Crippen molar-refractivity contribution >= 4 is 5.91 Å². The number of hydrogen-bond donors (Lipinski definition) is 2. The average molecular weight is 399 g/mol. The van der Waals surface area contributed by atoms with E-state index in [0.29, 0.717) is 42.1 Å². The summed E-state index contributed by atoms with van der Waals surface area (Å²) in [6, 6.07) is 5.24. The normalized spacial score (nSPS) is 28.0. The predicted molar refractivity (Wildman–Crippen MR) is 97.1 cm³/mol. The van der Waals surface area contributed by atoms with Gasteiger partial charge in [0.1, 0.15) is 10.7 Å². The highest BCUT2D eigenvalue weighted by Crippen LogP contribution is 2.34. The maximum Gasteiger partial charge on any atom is 0.362 e. The van der Waals surface area contributed by atoms with Crippen molar-refractivity contribution in [1.29, 1.82) is 0 Å². The summed E-state index contributed by atoms with van der Waals surface area (Å²) in [7, 11) is 0. The van der Waals surface area contributed by atoms with Crippen molar-refractivity contribution in [2.75, 3.05) is 13.1 Å². The summed E-state index contributed by atoms with van der Waals surface area (Å²) >= 11 is 0. The minimum absolute atomic E-state index is 0.0163. The molecule has 9 heteroatoms. The summed E-state index contributed by atoms with van der Waals surface area (Å²) in [4.78, 5) is 24.4. The summed E-state index contributed by atoms with van der Waals surface area (Å²) in [5, 5.41) is 6.77. The van der Waals surface area contributed by atoms with Gasteiger partial charge in [-0.1, -0.05) is 24.1 Å². The van der Waals surface area contributed by atoms with Crippen molar-refractivity contribution in [2.45, 2.75) is 63.2 Å². The average Bonchev–Trinajstić information content (AvgIpc) is 3.08. The number of hydrogen-bond acceptors (Lipinski definition) is 3. The topological polar surface area (TPSA) is 64.5 Å². The molecule has 2 N–H and O–H groups in total. The van der Waals surface area contributed by atoms with Gasteiger partial charge < -0.3 is 10.6 Å². The molecule has 0 aromatic heterocycles. The first kappa shape index (κ1) is 20.6. The van der Waals surface area contributed by atoms with Crippen LogP contribution in [0.15, 0.2) is 24.3 Å². The van der Waals surface area contributed by atoms with Gasteiger partial charge in [-0.15, -0.1) is 0 Å². The minimum Gasteiger partial charge on any atom is -0.355 e. The first-order chi connectivity index (χ1) is 13.4. The number of halogens is 3. The first-order valence-corrected chi connectivity index (χ1v) is 9.68. The van der Waals surface area contributed by atoms with E-state index in [-0.39, 0.29) is 36.3 Å². The van der Waals surface area contributed by atoms with Crippen molar-refractivity contribution in [3.8, 4) is 0 Å². The molecule has 0 spiro atoms. The Morgan fingerprint density at radius 1 is 1.32 bits per heavy atom. The number of nitrogens with one attached hydrogen (secondary N) is 2. The van der Waals surface area contributed by atoms with E-state index >= 15 is 0 Å². The number of alkyl halides is 2. The third kappa shape index (κ3) is 4.63. The van der Waals surface area contributed by atoms with Gasteiger partial charge in [0.05, 0.1) is 17.5 Å². The highest BCUT2D eigenvalue weighted by molar-refractivity contribution is 5.75. The van der Waals surface area contributed by atoms with Gasteiger partial charge in [-0.05, 0) is 36.5 Å². The second-order valence-corrected chi connectivity index (χ2v) is 7.45. The number of benzene rings is 1. The fourth-order valence-electron chi connectivity index (χ4n) is 4.17. The smallest absolute Gasteiger partial charge is 0.355 e. The van der Waals surface area contributed by atoms with Crippen molar-refractivity contribution in [3.63, 3.8) is 0 Å². The molecule has 6 nitrogen and oxygen atoms in total. The van der Waals surface area contributed by atoms with Gasteiger partial charge >= 0.3 is 6.55 Å². The predicted octanol–water partition coefficient (Wildman–Crippen LogP) is 2.55. The number of carbonyl (C=O) groups is 1. The maximum atomic E-state index is 13.3. The van der Waals surface area contributed by atoms with E-state index < -0.39 is 12.6 Å². The van der Waals surface area contributed by atoms with Gasteiger partial charge in [-0.2, -0.15) is 8.78 Å². The number of amides is 1. The van der Waals surface area contributed by atoms with Crippen molar-refractivity contribution in [1.82, 2.24) is 15.6 Å². The lowest BCUT2D eigenvalue weighted by Gasteiger charge is -2.36. The number of piperidine rings is 1. The fraction of sp³-hybridized carbons (Fsp3) is 0.632. The molecule has 1 aromatic carbocycles. The standard InChI is InChI=1S/C19H25F3N4O2/c1-2-18(27)23-11-15-9-13(12-3-5-14(20)6-4-12)10-16(24-15)17-7-8-25(19(21)22)26(17)28/h3-6,13,15-17,19,24H,2,7-11H2,1H3/p+1. The highest BCUT2D eigenvalue weighted by Gasteiger charge is 2.50. The minimum atomic E-state index is -2.82. The van der Waals surface area contributed by atoms with E-state index in [1.807, 2.05) is 0 Å². The molecule has 2 aliphatic heterocycles. The summed E-state index contributed by atoms with van der Waals surface area (Å²) in [6.07, 6.45) is 2.01. The molecule has 3 rings (SSSR count). The quantitative estimate of drug-likeness (QED) is 0.570. The highest BCUT2D eigenvalue weighted by atomic mass is 19.3. The van der Waals surface area contributed by atoms with Crippen LogP contribution in [0.1, 0.15) is 44.1 Å². The van der Waals surface area contributed by atoms with E-state index in [0.717, 1.165) is 5.56 Å². The molecule has 1 aromatic rings. The van der Waals surface area contributed by atoms with Crippen LogP contribution in [0.4, 0.5) is 13.2 Å². The number of rotatable bonds is 6. The zero-order chi connectivity index (χ0) is 20.3. The van der Waals surface area contributed by atoms with E-state index in [2.05, 4.69) is 10.6 Å². The molecule has 0 saturated carbocycles. The van der Waals surface area contributed by atoms with E-state index in [4.69, 9.17) is 0 Å². The molecule has 0 radical (unpaired) electrons. The molecule has 0 bridgehead atoms. The van der Waals surface area contributed by atoms with E-state index in [1.165, 1.54) is 12.1 Å². The molecule has 4 unspecified atom stereocenters. The van der Waals surface area contributed by atoms with Gasteiger partial charge in [0.15, 0.2) is 0 Å². The monoisotopic (exact) mass is 399 g/mol. The zero-order valence-electron chi connectivity index (χ0n) is 15.8. The Kier molecular flexibility index (Phi) is 6.53. The molecule has 0 aliphatic carbocycles. The lowest BCUT2D eigenvalue weighted by molar-refractivity contribution is -0.732. The van der Waals surface area contributed by atoms with Crippen LogP contribution < -0.4 is 10.6 Å². The van der Waals surface area contributed by atoms with Gasteiger partial charge in [0.2, 0.25) is 5.91 Å². The van der Waals surface area contributed by atoms with Gasteiger partial charge in [-0.3, -0.25) is 4.79 Å². The lowest BCUT2D eigenvalue weighted by Crippen LogP contribution is -2.56. The van der Waals surface area contributed by atoms with Crippen molar-refractivity contribution in [3.05, 3.63) is 40.6 Å². The molecule has 2 saturated heterocycles. The third-order valence-electron chi connectivity index (χ3n) is 5.65. The van der Waals surface area contributed by atoms with Crippen LogP contribution in [0.25, 0.3) is 0 Å². The Hall–Kier alpha value is -2.16. The summed E-state index contributed by atoms with van der Waals surface area (Å²) in [5.41, 5.74) is 0.945. The summed E-state index contributed by atoms with van der Waals surface area (Å²) in [5.74, 6) is -0.350. The Bertz CT molecular complexity index is 701. The van der Waals surface area contributed by atoms with Crippen LogP contribution >= 0.6 is 0 Å². The third-order valence-corrected chi connectivity index (χ3v) is 5.65. The van der Waals surface area contributed by atoms with Crippen LogP contribution in [0, 0.1) is 10.7 Å². The first-order valence-electron chi connectivity index (χ1n) is 9.68. The number of nitroso groups, excluding NO2 is 1. The lowest BCUT2D eigenvalue weighted by atomic mass is 9.80. The van der Waals surface area contributed by atoms with Crippen LogP contribution in [0.5, 0.6) is 0 Å². The number of carbonyl (C=O) groups excluding carboxylic acids is 1. The van der Waals surface area contributed by atoms with Crippen LogP contribution in [-0.2, 0) is 4.79 Å². The number of nitrogens with zero attached hydrogens (tertiary/aromatic N) is 2. The molecule has 2 fully saturated rings. The van der Waals surface area contributed by atoms with Gasteiger partial charge in [0, 0.05) is 25.4 Å². The van der Waals surface area contributed by atoms with Gasteiger partial charge in [-0.25, -0.2) is 4.39 Å². The second kappa shape index (κ2) is 8.89. The SMILES string of the molecule is CCC(=O)NCC1CC(c2ccc(F)cc2)CC(C2CCN(C(F)F)[N+]2=O)N1. The van der Waals surface area contributed by atoms with Crippen LogP contribution in [0.3, 0.4) is 0 Å². The second-order valence-electron chi connectivity index (χ2n) is 7.45. The van der Waals surface area contributed by atoms with Crippen molar-refractivity contribution in [2.24, 2.45) is 0 Å². The Morgan fingerprint density at radius 2 is 2.04 bits per heavy atom.